The molecule has 8 nitrogen and oxygen atoms in total. The maximum atomic E-state index is 6.73. The molecule has 0 spiro atoms. The quantitative estimate of drug-likeness (QED) is 0.167. The molecular formula is C48H28N6O2. The largest absolute Gasteiger partial charge is 0.456 e. The maximum Gasteiger partial charge on any atom is 0.167 e. The highest BCUT2D eigenvalue weighted by molar-refractivity contribution is 6.10. The van der Waals surface area contributed by atoms with Crippen molar-refractivity contribution in [3.63, 3.8) is 0 Å². The Labute approximate surface area is 319 Å². The van der Waals surface area contributed by atoms with E-state index in [0.717, 1.165) is 66.1 Å². The minimum absolute atomic E-state index is 0.501. The van der Waals surface area contributed by atoms with Crippen LogP contribution in [0.4, 0.5) is 0 Å². The molecule has 0 bridgehead atoms. The van der Waals surface area contributed by atoms with Crippen LogP contribution in [-0.2, 0) is 0 Å². The van der Waals surface area contributed by atoms with Crippen LogP contribution >= 0.6 is 0 Å². The Hall–Kier alpha value is -7.84. The van der Waals surface area contributed by atoms with Gasteiger partial charge in [0.1, 0.15) is 22.3 Å². The summed E-state index contributed by atoms with van der Waals surface area (Å²) in [7, 11) is 0. The summed E-state index contributed by atoms with van der Waals surface area (Å²) in [5.74, 6) is 3.34. The minimum atomic E-state index is 0.501. The molecule has 8 heteroatoms. The number of nitrogens with zero attached hydrogens (tertiary/aromatic N) is 6. The second kappa shape index (κ2) is 12.9. The Morgan fingerprint density at radius 1 is 0.268 bits per heavy atom. The number of fused-ring (bicyclic) bond motifs is 6. The van der Waals surface area contributed by atoms with Gasteiger partial charge in [-0.1, -0.05) is 133 Å². The van der Waals surface area contributed by atoms with Crippen LogP contribution in [0.5, 0.6) is 0 Å². The number of hydrogen-bond acceptors (Lipinski definition) is 8. The molecule has 4 heterocycles. The van der Waals surface area contributed by atoms with E-state index in [-0.39, 0.29) is 0 Å². The third kappa shape index (κ3) is 5.47. The summed E-state index contributed by atoms with van der Waals surface area (Å²) in [5, 5.41) is 4.01. The zero-order chi connectivity index (χ0) is 37.0. The van der Waals surface area contributed by atoms with Crippen LogP contribution < -0.4 is 0 Å². The van der Waals surface area contributed by atoms with Gasteiger partial charge >= 0.3 is 0 Å². The first kappa shape index (κ1) is 31.7. The SMILES string of the molecule is c1ccc(-c2nc(-c3ccccc3)nc(-c3ccc4c(c3)oc3c(-c5nc(-c6ccccc6)nc(-c6ccc7c(c6)oc6ccccc67)n5)cccc34)n2)cc1. The topological polar surface area (TPSA) is 104 Å². The van der Waals surface area contributed by atoms with E-state index >= 15 is 0 Å². The molecule has 0 N–H and O–H groups in total. The molecule has 0 unspecified atom stereocenters. The van der Waals surface area contributed by atoms with Crippen molar-refractivity contribution >= 4 is 43.9 Å². The van der Waals surface area contributed by atoms with Crippen LogP contribution in [-0.4, -0.2) is 29.9 Å². The van der Waals surface area contributed by atoms with Gasteiger partial charge in [0.25, 0.3) is 0 Å². The molecule has 262 valence electrons. The van der Waals surface area contributed by atoms with Gasteiger partial charge in [0.2, 0.25) is 0 Å². The highest BCUT2D eigenvalue weighted by Gasteiger charge is 2.20. The van der Waals surface area contributed by atoms with Gasteiger partial charge in [-0.25, -0.2) is 29.9 Å². The summed E-state index contributed by atoms with van der Waals surface area (Å²) >= 11 is 0. The molecule has 11 aromatic rings. The summed E-state index contributed by atoms with van der Waals surface area (Å²) in [6.45, 7) is 0. The normalized spacial score (nSPS) is 11.6. The van der Waals surface area contributed by atoms with Gasteiger partial charge in [0.15, 0.2) is 34.9 Å². The van der Waals surface area contributed by atoms with Gasteiger partial charge in [-0.3, -0.25) is 0 Å². The molecule has 0 amide bonds. The maximum absolute atomic E-state index is 6.73. The molecule has 0 radical (unpaired) electrons. The average molecular weight is 721 g/mol. The highest BCUT2D eigenvalue weighted by atomic mass is 16.3. The summed E-state index contributed by atoms with van der Waals surface area (Å²) < 4.78 is 13.0. The van der Waals surface area contributed by atoms with E-state index in [4.69, 9.17) is 38.7 Å². The second-order valence-corrected chi connectivity index (χ2v) is 13.5. The van der Waals surface area contributed by atoms with Crippen molar-refractivity contribution < 1.29 is 8.83 Å². The minimum Gasteiger partial charge on any atom is -0.456 e. The molecule has 56 heavy (non-hydrogen) atoms. The number of hydrogen-bond donors (Lipinski definition) is 0. The predicted molar refractivity (Wildman–Crippen MR) is 220 cm³/mol. The fraction of sp³-hybridized carbons (Fsp3) is 0. The third-order valence-electron chi connectivity index (χ3n) is 10.0. The predicted octanol–water partition coefficient (Wildman–Crippen LogP) is 11.9. The highest BCUT2D eigenvalue weighted by Crippen LogP contribution is 2.38. The lowest BCUT2D eigenvalue weighted by Gasteiger charge is -2.08. The molecule has 0 atom stereocenters. The van der Waals surface area contributed by atoms with Gasteiger partial charge in [0, 0.05) is 49.4 Å². The van der Waals surface area contributed by atoms with Crippen molar-refractivity contribution in [3.8, 4) is 68.3 Å². The molecule has 11 rings (SSSR count). The molecule has 4 aromatic heterocycles. The van der Waals surface area contributed by atoms with E-state index in [9.17, 15) is 0 Å². The number of aromatic nitrogens is 6. The van der Waals surface area contributed by atoms with E-state index in [2.05, 4.69) is 24.3 Å². The van der Waals surface area contributed by atoms with Crippen LogP contribution in [0.25, 0.3) is 112 Å². The van der Waals surface area contributed by atoms with E-state index < -0.39 is 0 Å². The zero-order valence-corrected chi connectivity index (χ0v) is 29.7. The van der Waals surface area contributed by atoms with Gasteiger partial charge < -0.3 is 8.83 Å². The molecule has 0 aliphatic rings. The van der Waals surface area contributed by atoms with Crippen molar-refractivity contribution in [1.82, 2.24) is 29.9 Å². The van der Waals surface area contributed by atoms with Crippen molar-refractivity contribution in [2.24, 2.45) is 0 Å². The lowest BCUT2D eigenvalue weighted by atomic mass is 10.1. The Kier molecular flexibility index (Phi) is 7.31. The van der Waals surface area contributed by atoms with E-state index in [1.165, 1.54) is 0 Å². The molecule has 0 saturated carbocycles. The van der Waals surface area contributed by atoms with E-state index in [0.29, 0.717) is 46.1 Å². The Bertz CT molecular complexity index is 3190. The Morgan fingerprint density at radius 3 is 1.23 bits per heavy atom. The summed E-state index contributed by atoms with van der Waals surface area (Å²) in [6, 6.07) is 56.2. The monoisotopic (exact) mass is 720 g/mol. The van der Waals surface area contributed by atoms with E-state index in [1.807, 2.05) is 146 Å². The van der Waals surface area contributed by atoms with Gasteiger partial charge in [-0.15, -0.1) is 0 Å². The molecular weight excluding hydrogens is 693 g/mol. The van der Waals surface area contributed by atoms with Crippen LogP contribution in [0.3, 0.4) is 0 Å². The van der Waals surface area contributed by atoms with Gasteiger partial charge in [-0.05, 0) is 36.4 Å². The first-order valence-electron chi connectivity index (χ1n) is 18.3. The van der Waals surface area contributed by atoms with Gasteiger partial charge in [0.05, 0.1) is 5.56 Å². The van der Waals surface area contributed by atoms with Crippen LogP contribution in [0.15, 0.2) is 179 Å². The van der Waals surface area contributed by atoms with Crippen molar-refractivity contribution in [1.29, 1.82) is 0 Å². The van der Waals surface area contributed by atoms with Crippen molar-refractivity contribution in [2.45, 2.75) is 0 Å². The first-order chi connectivity index (χ1) is 27.7. The zero-order valence-electron chi connectivity index (χ0n) is 29.7. The first-order valence-corrected chi connectivity index (χ1v) is 18.3. The lowest BCUT2D eigenvalue weighted by Crippen LogP contribution is -2.00. The van der Waals surface area contributed by atoms with Crippen LogP contribution in [0, 0.1) is 0 Å². The molecule has 0 saturated heterocycles. The smallest absolute Gasteiger partial charge is 0.167 e. The Morgan fingerprint density at radius 2 is 0.679 bits per heavy atom. The van der Waals surface area contributed by atoms with E-state index in [1.54, 1.807) is 0 Å². The lowest BCUT2D eigenvalue weighted by molar-refractivity contribution is 0.668. The van der Waals surface area contributed by atoms with Crippen LogP contribution in [0.2, 0.25) is 0 Å². The molecule has 0 fully saturated rings. The summed E-state index contributed by atoms with van der Waals surface area (Å²) in [6.07, 6.45) is 0. The number of rotatable bonds is 6. The van der Waals surface area contributed by atoms with Crippen molar-refractivity contribution in [2.75, 3.05) is 0 Å². The Balaban J connectivity index is 1.06. The summed E-state index contributed by atoms with van der Waals surface area (Å²) in [4.78, 5) is 29.8. The number of furan rings is 2. The fourth-order valence-electron chi connectivity index (χ4n) is 7.26. The average Bonchev–Trinajstić information content (AvgIpc) is 3.85. The molecule has 0 aliphatic carbocycles. The molecule has 0 aliphatic heterocycles. The fourth-order valence-corrected chi connectivity index (χ4v) is 7.26. The summed E-state index contributed by atoms with van der Waals surface area (Å²) in [5.41, 5.74) is 8.06. The standard InChI is InChI=1S/C48H28N6O2/c1-4-13-29(14-5-1)43-49-44(30-15-6-2-7-16-30)51-46(50-43)33-24-26-36-37-20-12-21-38(42(37)56-41(36)28-33)48-53-45(31-17-8-3-9-18-31)52-47(54-48)32-23-25-35-34-19-10-11-22-39(34)55-40(35)27-32/h1-28H. The number of benzene rings is 7. The number of para-hydroxylation sites is 2. The van der Waals surface area contributed by atoms with Crippen molar-refractivity contribution in [3.05, 3.63) is 170 Å². The third-order valence-corrected chi connectivity index (χ3v) is 10.0. The van der Waals surface area contributed by atoms with Gasteiger partial charge in [-0.2, -0.15) is 0 Å². The van der Waals surface area contributed by atoms with Crippen LogP contribution in [0.1, 0.15) is 0 Å². The second-order valence-electron chi connectivity index (χ2n) is 13.5. The molecule has 7 aromatic carbocycles.